The summed E-state index contributed by atoms with van der Waals surface area (Å²) in [5.74, 6) is 0.533. The zero-order chi connectivity index (χ0) is 10.5. The molecule has 0 fully saturated rings. The first kappa shape index (κ1) is 9.93. The van der Waals surface area contributed by atoms with E-state index in [1.165, 1.54) is 6.33 Å². The van der Waals surface area contributed by atoms with Crippen LogP contribution in [0.15, 0.2) is 43.0 Å². The molecule has 1 aromatic carbocycles. The Morgan fingerprint density at radius 3 is 2.67 bits per heavy atom. The maximum Gasteiger partial charge on any atom is 0.138 e. The number of benzene rings is 1. The van der Waals surface area contributed by atoms with E-state index in [4.69, 9.17) is 11.6 Å². The summed E-state index contributed by atoms with van der Waals surface area (Å²) >= 11 is 5.55. The third-order valence-corrected chi connectivity index (χ3v) is 2.15. The minimum absolute atomic E-state index is 0.533. The van der Waals surface area contributed by atoms with Gasteiger partial charge in [-0.15, -0.1) is 11.6 Å². The first-order chi connectivity index (χ1) is 7.40. The second kappa shape index (κ2) is 4.75. The molecule has 3 nitrogen and oxygen atoms in total. The molecule has 0 amide bonds. The van der Waals surface area contributed by atoms with Crippen molar-refractivity contribution in [1.82, 2.24) is 14.8 Å². The third-order valence-electron chi connectivity index (χ3n) is 1.98. The van der Waals surface area contributed by atoms with Crippen LogP contribution in [0.3, 0.4) is 0 Å². The number of alkyl halides is 1. The number of nitrogens with zero attached hydrogens (tertiary/aromatic N) is 3. The third kappa shape index (κ3) is 2.44. The smallest absolute Gasteiger partial charge is 0.138 e. The lowest BCUT2D eigenvalue weighted by Crippen LogP contribution is -1.93. The molecule has 2 aromatic rings. The van der Waals surface area contributed by atoms with Gasteiger partial charge >= 0.3 is 0 Å². The Labute approximate surface area is 93.0 Å². The van der Waals surface area contributed by atoms with Gasteiger partial charge in [0, 0.05) is 5.88 Å². The van der Waals surface area contributed by atoms with E-state index in [2.05, 4.69) is 10.1 Å². The van der Waals surface area contributed by atoms with Gasteiger partial charge in [0.25, 0.3) is 0 Å². The van der Waals surface area contributed by atoms with Crippen LogP contribution in [0.5, 0.6) is 0 Å². The highest BCUT2D eigenvalue weighted by Crippen LogP contribution is 2.09. The number of rotatable bonds is 3. The highest BCUT2D eigenvalue weighted by molar-refractivity contribution is 6.19. The van der Waals surface area contributed by atoms with Crippen molar-refractivity contribution in [2.75, 3.05) is 5.88 Å². The summed E-state index contributed by atoms with van der Waals surface area (Å²) in [5, 5.41) is 4.04. The van der Waals surface area contributed by atoms with E-state index in [0.717, 1.165) is 11.3 Å². The summed E-state index contributed by atoms with van der Waals surface area (Å²) in [6.07, 6.45) is 7.08. The maximum atomic E-state index is 5.55. The number of hydrogen-bond donors (Lipinski definition) is 0. The monoisotopic (exact) mass is 219 g/mol. The molecule has 0 spiro atoms. The molecule has 1 heterocycles. The number of halogens is 1. The lowest BCUT2D eigenvalue weighted by atomic mass is 10.2. The molecule has 0 atom stereocenters. The van der Waals surface area contributed by atoms with Crippen LogP contribution >= 0.6 is 11.6 Å². The van der Waals surface area contributed by atoms with Crippen molar-refractivity contribution in [3.05, 3.63) is 48.6 Å². The summed E-state index contributed by atoms with van der Waals surface area (Å²) < 4.78 is 1.72. The Hall–Kier alpha value is -1.61. The molecule has 15 heavy (non-hydrogen) atoms. The molecule has 76 valence electrons. The van der Waals surface area contributed by atoms with Crippen molar-refractivity contribution in [3.63, 3.8) is 0 Å². The number of aromatic nitrogens is 3. The van der Waals surface area contributed by atoms with Crippen LogP contribution in [-0.2, 0) is 0 Å². The average Bonchev–Trinajstić information content (AvgIpc) is 2.80. The van der Waals surface area contributed by atoms with Gasteiger partial charge < -0.3 is 0 Å². The van der Waals surface area contributed by atoms with Crippen LogP contribution in [-0.4, -0.2) is 20.6 Å². The number of allylic oxidation sites excluding steroid dienone is 1. The van der Waals surface area contributed by atoms with E-state index < -0.39 is 0 Å². The van der Waals surface area contributed by atoms with E-state index in [0.29, 0.717) is 5.88 Å². The summed E-state index contributed by atoms with van der Waals surface area (Å²) in [7, 11) is 0. The highest BCUT2D eigenvalue weighted by atomic mass is 35.5. The van der Waals surface area contributed by atoms with Crippen LogP contribution in [0.25, 0.3) is 11.8 Å². The van der Waals surface area contributed by atoms with Crippen molar-refractivity contribution in [1.29, 1.82) is 0 Å². The van der Waals surface area contributed by atoms with E-state index in [-0.39, 0.29) is 0 Å². The highest BCUT2D eigenvalue weighted by Gasteiger charge is 1.95. The lowest BCUT2D eigenvalue weighted by molar-refractivity contribution is 0.879. The van der Waals surface area contributed by atoms with Gasteiger partial charge in [-0.05, 0) is 17.7 Å². The molecule has 0 N–H and O–H groups in total. The Kier molecular flexibility index (Phi) is 3.15. The molecule has 0 bridgehead atoms. The molecular formula is C11H10ClN3. The Bertz CT molecular complexity index is 431. The molecule has 0 saturated carbocycles. The number of hydrogen-bond acceptors (Lipinski definition) is 2. The van der Waals surface area contributed by atoms with E-state index >= 15 is 0 Å². The molecule has 2 rings (SSSR count). The van der Waals surface area contributed by atoms with E-state index in [9.17, 15) is 0 Å². The molecule has 0 aliphatic rings. The quantitative estimate of drug-likeness (QED) is 0.743. The Balaban J connectivity index is 2.21. The average molecular weight is 220 g/mol. The molecular weight excluding hydrogens is 210 g/mol. The van der Waals surface area contributed by atoms with E-state index in [1.807, 2.05) is 36.4 Å². The molecule has 4 heteroatoms. The predicted octanol–water partition coefficient (Wildman–Crippen LogP) is 2.52. The van der Waals surface area contributed by atoms with Crippen LogP contribution in [0, 0.1) is 0 Å². The molecule has 0 aliphatic heterocycles. The SMILES string of the molecule is ClCC=Cc1ccc(-n2cncn2)cc1. The van der Waals surface area contributed by atoms with Crippen LogP contribution in [0.1, 0.15) is 5.56 Å². The van der Waals surface area contributed by atoms with Crippen LogP contribution < -0.4 is 0 Å². The van der Waals surface area contributed by atoms with Gasteiger partial charge in [-0.3, -0.25) is 0 Å². The standard InChI is InChI=1S/C11H10ClN3/c12-7-1-2-10-3-5-11(6-4-10)15-9-13-8-14-15/h1-6,8-9H,7H2. The van der Waals surface area contributed by atoms with Crippen LogP contribution in [0.4, 0.5) is 0 Å². The van der Waals surface area contributed by atoms with Crippen molar-refractivity contribution >= 4 is 17.7 Å². The second-order valence-electron chi connectivity index (χ2n) is 2.99. The van der Waals surface area contributed by atoms with Crippen molar-refractivity contribution in [2.45, 2.75) is 0 Å². The molecule has 1 aromatic heterocycles. The van der Waals surface area contributed by atoms with Gasteiger partial charge in [-0.2, -0.15) is 5.10 Å². The Morgan fingerprint density at radius 2 is 2.07 bits per heavy atom. The summed E-state index contributed by atoms with van der Waals surface area (Å²) in [5.41, 5.74) is 2.12. The fourth-order valence-electron chi connectivity index (χ4n) is 1.26. The van der Waals surface area contributed by atoms with Gasteiger partial charge in [-0.25, -0.2) is 9.67 Å². The molecule has 0 aliphatic carbocycles. The first-order valence-corrected chi connectivity index (χ1v) is 5.11. The summed E-state index contributed by atoms with van der Waals surface area (Å²) in [6.45, 7) is 0. The molecule has 0 saturated heterocycles. The largest absolute Gasteiger partial charge is 0.223 e. The molecule has 0 radical (unpaired) electrons. The summed E-state index contributed by atoms with van der Waals surface area (Å²) in [6, 6.07) is 8.01. The van der Waals surface area contributed by atoms with Crippen molar-refractivity contribution in [2.24, 2.45) is 0 Å². The zero-order valence-corrected chi connectivity index (χ0v) is 8.80. The fraction of sp³-hybridized carbons (Fsp3) is 0.0909. The molecule has 0 unspecified atom stereocenters. The fourth-order valence-corrected chi connectivity index (χ4v) is 1.35. The minimum Gasteiger partial charge on any atom is -0.223 e. The van der Waals surface area contributed by atoms with Gasteiger partial charge in [0.2, 0.25) is 0 Å². The van der Waals surface area contributed by atoms with Gasteiger partial charge in [0.1, 0.15) is 12.7 Å². The van der Waals surface area contributed by atoms with Crippen LogP contribution in [0.2, 0.25) is 0 Å². The second-order valence-corrected chi connectivity index (χ2v) is 3.30. The maximum absolute atomic E-state index is 5.55. The Morgan fingerprint density at radius 1 is 1.27 bits per heavy atom. The topological polar surface area (TPSA) is 30.7 Å². The van der Waals surface area contributed by atoms with Gasteiger partial charge in [-0.1, -0.05) is 24.3 Å². The lowest BCUT2D eigenvalue weighted by Gasteiger charge is -2.00. The van der Waals surface area contributed by atoms with E-state index in [1.54, 1.807) is 11.0 Å². The van der Waals surface area contributed by atoms with Gasteiger partial charge in [0.15, 0.2) is 0 Å². The minimum atomic E-state index is 0.533. The first-order valence-electron chi connectivity index (χ1n) is 4.58. The zero-order valence-electron chi connectivity index (χ0n) is 8.05. The van der Waals surface area contributed by atoms with Crippen molar-refractivity contribution < 1.29 is 0 Å². The summed E-state index contributed by atoms with van der Waals surface area (Å²) in [4.78, 5) is 3.89. The normalized spacial score (nSPS) is 11.0. The van der Waals surface area contributed by atoms with Gasteiger partial charge in [0.05, 0.1) is 5.69 Å². The predicted molar refractivity (Wildman–Crippen MR) is 61.1 cm³/mol. The van der Waals surface area contributed by atoms with Crippen molar-refractivity contribution in [3.8, 4) is 5.69 Å².